The zero-order valence-corrected chi connectivity index (χ0v) is 9.51. The van der Waals surface area contributed by atoms with Crippen LogP contribution in [0.4, 0.5) is 0 Å². The topological polar surface area (TPSA) is 50.3 Å². The van der Waals surface area contributed by atoms with Crippen LogP contribution in [0.3, 0.4) is 0 Å². The van der Waals surface area contributed by atoms with Gasteiger partial charge in [0.1, 0.15) is 0 Å². The van der Waals surface area contributed by atoms with Gasteiger partial charge in [-0.1, -0.05) is 6.07 Å². The molecule has 0 saturated carbocycles. The molecule has 0 spiro atoms. The van der Waals surface area contributed by atoms with Crippen LogP contribution in [0.15, 0.2) is 23.4 Å². The summed E-state index contributed by atoms with van der Waals surface area (Å²) in [5, 5.41) is -0.110. The van der Waals surface area contributed by atoms with E-state index in [0.717, 1.165) is 12.1 Å². The van der Waals surface area contributed by atoms with Crippen molar-refractivity contribution in [3.63, 3.8) is 0 Å². The second-order valence-corrected chi connectivity index (χ2v) is 5.69. The van der Waals surface area contributed by atoms with Crippen LogP contribution in [0, 0.1) is 0 Å². The fourth-order valence-electron chi connectivity index (χ4n) is 1.01. The molecule has 0 aromatic carbocycles. The summed E-state index contributed by atoms with van der Waals surface area (Å²) in [6.45, 7) is 0.718. The number of halogens is 1. The first-order valence-electron chi connectivity index (χ1n) is 3.94. The maximum absolute atomic E-state index is 10.9. The lowest BCUT2D eigenvalue weighted by Crippen LogP contribution is -2.11. The second-order valence-electron chi connectivity index (χ2n) is 3.18. The summed E-state index contributed by atoms with van der Waals surface area (Å²) in [5.41, 5.74) is 0.944. The summed E-state index contributed by atoms with van der Waals surface area (Å²) >= 11 is 0. The maximum atomic E-state index is 10.9. The number of hydrogen-bond donors (Lipinski definition) is 0. The van der Waals surface area contributed by atoms with Gasteiger partial charge < -0.3 is 4.90 Å². The van der Waals surface area contributed by atoms with Gasteiger partial charge in [-0.2, -0.15) is 0 Å². The minimum absolute atomic E-state index is 0.110. The molecule has 1 rings (SSSR count). The highest BCUT2D eigenvalue weighted by Crippen LogP contribution is 2.12. The van der Waals surface area contributed by atoms with Gasteiger partial charge in [0.25, 0.3) is 9.05 Å². The number of hydrogen-bond acceptors (Lipinski definition) is 4. The number of nitrogens with zero attached hydrogens (tertiary/aromatic N) is 2. The van der Waals surface area contributed by atoms with E-state index in [0.29, 0.717) is 0 Å². The van der Waals surface area contributed by atoms with Crippen molar-refractivity contribution in [3.05, 3.63) is 23.9 Å². The van der Waals surface area contributed by atoms with Crippen LogP contribution in [0.25, 0.3) is 0 Å². The Morgan fingerprint density at radius 2 is 2.07 bits per heavy atom. The minimum Gasteiger partial charge on any atom is -0.305 e. The fraction of sp³-hybridized carbons (Fsp3) is 0.375. The Labute approximate surface area is 87.9 Å². The van der Waals surface area contributed by atoms with Crippen LogP contribution < -0.4 is 0 Å². The number of rotatable bonds is 3. The zero-order chi connectivity index (χ0) is 10.8. The molecule has 0 bridgehead atoms. The largest absolute Gasteiger partial charge is 0.305 e. The first-order valence-corrected chi connectivity index (χ1v) is 6.25. The third kappa shape index (κ3) is 3.25. The standard InChI is InChI=1S/C8H11ClN2O2S/c1-11(2)6-7-3-4-8(10-5-7)14(9,12)13/h3-5H,6H2,1-2H3. The summed E-state index contributed by atoms with van der Waals surface area (Å²) in [6.07, 6.45) is 1.51. The van der Waals surface area contributed by atoms with E-state index in [2.05, 4.69) is 4.98 Å². The Kier molecular flexibility index (Phi) is 3.47. The predicted molar refractivity (Wildman–Crippen MR) is 54.7 cm³/mol. The molecule has 14 heavy (non-hydrogen) atoms. The van der Waals surface area contributed by atoms with E-state index in [4.69, 9.17) is 10.7 Å². The van der Waals surface area contributed by atoms with Crippen LogP contribution in [0.2, 0.25) is 0 Å². The highest BCUT2D eigenvalue weighted by molar-refractivity contribution is 8.13. The van der Waals surface area contributed by atoms with Gasteiger partial charge >= 0.3 is 0 Å². The van der Waals surface area contributed by atoms with E-state index >= 15 is 0 Å². The van der Waals surface area contributed by atoms with Gasteiger partial charge in [0.2, 0.25) is 0 Å². The van der Waals surface area contributed by atoms with Crippen molar-refractivity contribution in [1.82, 2.24) is 9.88 Å². The van der Waals surface area contributed by atoms with E-state index in [-0.39, 0.29) is 5.03 Å². The minimum atomic E-state index is -3.70. The van der Waals surface area contributed by atoms with Gasteiger partial charge in [-0.25, -0.2) is 13.4 Å². The van der Waals surface area contributed by atoms with Gasteiger partial charge in [0.05, 0.1) is 0 Å². The molecule has 0 unspecified atom stereocenters. The normalized spacial score (nSPS) is 12.0. The molecular weight excluding hydrogens is 224 g/mol. The molecule has 0 fully saturated rings. The van der Waals surface area contributed by atoms with Crippen molar-refractivity contribution in [2.24, 2.45) is 0 Å². The number of pyridine rings is 1. The van der Waals surface area contributed by atoms with Crippen LogP contribution in [0.1, 0.15) is 5.56 Å². The van der Waals surface area contributed by atoms with Crippen LogP contribution in [-0.2, 0) is 15.6 Å². The molecule has 1 aromatic rings. The van der Waals surface area contributed by atoms with E-state index in [1.807, 2.05) is 19.0 Å². The zero-order valence-electron chi connectivity index (χ0n) is 7.94. The summed E-state index contributed by atoms with van der Waals surface area (Å²) in [6, 6.07) is 3.10. The maximum Gasteiger partial charge on any atom is 0.278 e. The van der Waals surface area contributed by atoms with Crippen LogP contribution >= 0.6 is 10.7 Å². The molecule has 0 aliphatic heterocycles. The summed E-state index contributed by atoms with van der Waals surface area (Å²) in [4.78, 5) is 5.72. The molecule has 0 radical (unpaired) electrons. The van der Waals surface area contributed by atoms with Crippen molar-refractivity contribution < 1.29 is 8.42 Å². The lowest BCUT2D eigenvalue weighted by molar-refractivity contribution is 0.401. The van der Waals surface area contributed by atoms with Crippen molar-refractivity contribution in [2.45, 2.75) is 11.6 Å². The lowest BCUT2D eigenvalue weighted by atomic mass is 10.3. The summed E-state index contributed by atoms with van der Waals surface area (Å²) < 4.78 is 21.7. The third-order valence-electron chi connectivity index (χ3n) is 1.55. The third-order valence-corrected chi connectivity index (χ3v) is 2.76. The molecule has 1 aromatic heterocycles. The van der Waals surface area contributed by atoms with Crippen molar-refractivity contribution in [2.75, 3.05) is 14.1 Å². The SMILES string of the molecule is CN(C)Cc1ccc(S(=O)(=O)Cl)nc1. The van der Waals surface area contributed by atoms with E-state index in [9.17, 15) is 8.42 Å². The monoisotopic (exact) mass is 234 g/mol. The Bertz CT molecular complexity index is 400. The Hall–Kier alpha value is -0.650. The molecule has 0 N–H and O–H groups in total. The van der Waals surface area contributed by atoms with E-state index in [1.165, 1.54) is 12.3 Å². The first kappa shape index (κ1) is 11.4. The Morgan fingerprint density at radius 1 is 1.43 bits per heavy atom. The summed E-state index contributed by atoms with van der Waals surface area (Å²) in [7, 11) is 5.26. The van der Waals surface area contributed by atoms with Crippen LogP contribution in [0.5, 0.6) is 0 Å². The van der Waals surface area contributed by atoms with Crippen molar-refractivity contribution >= 4 is 19.7 Å². The van der Waals surface area contributed by atoms with Crippen LogP contribution in [-0.4, -0.2) is 32.4 Å². The smallest absolute Gasteiger partial charge is 0.278 e. The Balaban J connectivity index is 2.90. The highest BCUT2D eigenvalue weighted by Gasteiger charge is 2.10. The Morgan fingerprint density at radius 3 is 2.43 bits per heavy atom. The number of aromatic nitrogens is 1. The highest BCUT2D eigenvalue weighted by atomic mass is 35.7. The molecule has 0 amide bonds. The van der Waals surface area contributed by atoms with E-state index in [1.54, 1.807) is 6.07 Å². The molecular formula is C8H11ClN2O2S. The van der Waals surface area contributed by atoms with Gasteiger partial charge in [0, 0.05) is 23.4 Å². The lowest BCUT2D eigenvalue weighted by Gasteiger charge is -2.08. The van der Waals surface area contributed by atoms with Gasteiger partial charge in [-0.05, 0) is 25.7 Å². The van der Waals surface area contributed by atoms with Gasteiger partial charge in [-0.3, -0.25) is 0 Å². The molecule has 0 aliphatic carbocycles. The quantitative estimate of drug-likeness (QED) is 0.735. The molecule has 4 nitrogen and oxygen atoms in total. The first-order chi connectivity index (χ1) is 6.39. The predicted octanol–water partition coefficient (Wildman–Crippen LogP) is 1.07. The molecule has 78 valence electrons. The molecule has 0 aliphatic rings. The average molecular weight is 235 g/mol. The average Bonchev–Trinajstić information content (AvgIpc) is 2.02. The molecule has 0 saturated heterocycles. The van der Waals surface area contributed by atoms with Gasteiger partial charge in [-0.15, -0.1) is 0 Å². The molecule has 1 heterocycles. The van der Waals surface area contributed by atoms with Crippen molar-refractivity contribution in [1.29, 1.82) is 0 Å². The molecule has 6 heteroatoms. The molecule has 0 atom stereocenters. The van der Waals surface area contributed by atoms with Crippen molar-refractivity contribution in [3.8, 4) is 0 Å². The summed E-state index contributed by atoms with van der Waals surface area (Å²) in [5.74, 6) is 0. The van der Waals surface area contributed by atoms with Gasteiger partial charge in [0.15, 0.2) is 5.03 Å². The second kappa shape index (κ2) is 4.25. The fourth-order valence-corrected chi connectivity index (χ4v) is 1.70. The van der Waals surface area contributed by atoms with E-state index < -0.39 is 9.05 Å².